The highest BCUT2D eigenvalue weighted by molar-refractivity contribution is 6.01. The van der Waals surface area contributed by atoms with Crippen molar-refractivity contribution >= 4 is 35.8 Å². The van der Waals surface area contributed by atoms with Crippen molar-refractivity contribution in [1.82, 2.24) is 0 Å². The highest BCUT2D eigenvalue weighted by Gasteiger charge is 2.73. The van der Waals surface area contributed by atoms with E-state index in [9.17, 15) is 39.0 Å². The molecule has 0 amide bonds. The number of aliphatic hydroxyl groups is 2. The van der Waals surface area contributed by atoms with E-state index >= 15 is 0 Å². The van der Waals surface area contributed by atoms with Crippen molar-refractivity contribution in [3.05, 3.63) is 47.6 Å². The lowest BCUT2D eigenvalue weighted by atomic mass is 9.46. The molecule has 326 valence electrons. The van der Waals surface area contributed by atoms with E-state index in [0.717, 1.165) is 18.3 Å². The molecule has 14 atom stereocenters. The summed E-state index contributed by atoms with van der Waals surface area (Å²) in [7, 11) is 1.13. The third-order valence-corrected chi connectivity index (χ3v) is 17.2. The number of carbonyl (C=O) groups is 6. The smallest absolute Gasteiger partial charge is 0.438 e. The van der Waals surface area contributed by atoms with Crippen molar-refractivity contribution in [3.8, 4) is 0 Å². The predicted octanol–water partition coefficient (Wildman–Crippen LogP) is 6.02. The second-order valence-electron chi connectivity index (χ2n) is 19.5. The lowest BCUT2D eigenvalue weighted by Crippen LogP contribution is -2.63. The SMILES string of the molecule is CCOC(=O)O[C@]1(C(=O)OCOC(=O)[C@@]2(OC(=O)OC)CC[C@H]3[C@@H]4CCC5=CC(=O)C=C[C@]5(C)C4[C@@H](O)C[C@@]32C)CCC2C3CCC4=CC(=O)C=C[C@]4(C)C3[C@@H](O)C[C@@]21C. The Morgan fingerprint density at radius 3 is 1.52 bits per heavy atom. The average Bonchev–Trinajstić information content (AvgIpc) is 3.65. The average molecular weight is 835 g/mol. The maximum Gasteiger partial charge on any atom is 0.509 e. The maximum atomic E-state index is 14.6. The van der Waals surface area contributed by atoms with Crippen molar-refractivity contribution in [2.75, 3.05) is 20.5 Å². The Morgan fingerprint density at radius 2 is 1.10 bits per heavy atom. The summed E-state index contributed by atoms with van der Waals surface area (Å²) in [6.07, 6.45) is 10.0. The van der Waals surface area contributed by atoms with E-state index in [-0.39, 0.29) is 79.4 Å². The molecule has 0 aromatic heterocycles. The minimum absolute atomic E-state index is 0.0145. The highest BCUT2D eigenvalue weighted by atomic mass is 16.8. The van der Waals surface area contributed by atoms with Crippen LogP contribution in [-0.4, -0.2) is 89.9 Å². The Bertz CT molecular complexity index is 2000. The number of methoxy groups -OCH3 is 1. The van der Waals surface area contributed by atoms with E-state index in [2.05, 4.69) is 0 Å². The van der Waals surface area contributed by atoms with Crippen LogP contribution < -0.4 is 0 Å². The van der Waals surface area contributed by atoms with Gasteiger partial charge < -0.3 is 38.6 Å². The van der Waals surface area contributed by atoms with Gasteiger partial charge in [-0.25, -0.2) is 19.2 Å². The molecule has 6 saturated carbocycles. The number of carbonyl (C=O) groups excluding carboxylic acids is 6. The zero-order chi connectivity index (χ0) is 43.2. The molecule has 8 aliphatic rings. The number of allylic oxidation sites excluding steroid dienone is 8. The van der Waals surface area contributed by atoms with Crippen molar-refractivity contribution in [3.63, 3.8) is 0 Å². The Labute approximate surface area is 350 Å². The van der Waals surface area contributed by atoms with E-state index in [4.69, 9.17) is 28.4 Å². The van der Waals surface area contributed by atoms with Crippen molar-refractivity contribution in [2.45, 2.75) is 122 Å². The molecular formula is C46H58O14. The van der Waals surface area contributed by atoms with Gasteiger partial charge >= 0.3 is 24.2 Å². The van der Waals surface area contributed by atoms with Gasteiger partial charge in [0, 0.05) is 33.5 Å². The second-order valence-corrected chi connectivity index (χ2v) is 19.5. The van der Waals surface area contributed by atoms with Crippen LogP contribution >= 0.6 is 0 Å². The molecule has 60 heavy (non-hydrogen) atoms. The zero-order valence-corrected chi connectivity index (χ0v) is 35.4. The summed E-state index contributed by atoms with van der Waals surface area (Å²) in [4.78, 5) is 79.8. The number of hydrogen-bond donors (Lipinski definition) is 2. The second kappa shape index (κ2) is 14.7. The fourth-order valence-electron chi connectivity index (χ4n) is 14.6. The summed E-state index contributed by atoms with van der Waals surface area (Å²) in [6.45, 7) is 8.43. The molecule has 8 aliphatic carbocycles. The number of aliphatic hydroxyl groups excluding tert-OH is 2. The van der Waals surface area contributed by atoms with E-state index in [0.29, 0.717) is 38.5 Å². The first kappa shape index (κ1) is 42.4. The lowest BCUT2D eigenvalue weighted by Gasteiger charge is -2.59. The Hall–Kier alpha value is -4.30. The van der Waals surface area contributed by atoms with Gasteiger partial charge in [0.2, 0.25) is 18.0 Å². The van der Waals surface area contributed by atoms with E-state index < -0.39 is 76.1 Å². The van der Waals surface area contributed by atoms with Gasteiger partial charge in [0.05, 0.1) is 25.9 Å². The summed E-state index contributed by atoms with van der Waals surface area (Å²) in [5, 5.41) is 24.0. The molecule has 0 aliphatic heterocycles. The van der Waals surface area contributed by atoms with Gasteiger partial charge in [-0.3, -0.25) is 9.59 Å². The number of esters is 2. The van der Waals surface area contributed by atoms with Gasteiger partial charge in [-0.15, -0.1) is 0 Å². The highest BCUT2D eigenvalue weighted by Crippen LogP contribution is 2.70. The predicted molar refractivity (Wildman–Crippen MR) is 210 cm³/mol. The van der Waals surface area contributed by atoms with Gasteiger partial charge in [-0.2, -0.15) is 0 Å². The van der Waals surface area contributed by atoms with Crippen LogP contribution in [0.1, 0.15) is 98.8 Å². The largest absolute Gasteiger partial charge is 0.509 e. The molecular weight excluding hydrogens is 776 g/mol. The molecule has 14 heteroatoms. The molecule has 0 heterocycles. The number of fused-ring (bicyclic) bond motifs is 10. The van der Waals surface area contributed by atoms with Crippen LogP contribution in [-0.2, 0) is 47.6 Å². The number of hydrogen-bond acceptors (Lipinski definition) is 14. The first-order valence-corrected chi connectivity index (χ1v) is 21.6. The van der Waals surface area contributed by atoms with Gasteiger partial charge in [-0.05, 0) is 119 Å². The molecule has 0 radical (unpaired) electrons. The van der Waals surface area contributed by atoms with Gasteiger partial charge in [-0.1, -0.05) is 51.0 Å². The summed E-state index contributed by atoms with van der Waals surface area (Å²) >= 11 is 0. The molecule has 2 N–H and O–H groups in total. The Kier molecular flexibility index (Phi) is 10.4. The lowest BCUT2D eigenvalue weighted by molar-refractivity contribution is -0.219. The fourth-order valence-corrected chi connectivity index (χ4v) is 14.6. The van der Waals surface area contributed by atoms with Crippen LogP contribution in [0.3, 0.4) is 0 Å². The summed E-state index contributed by atoms with van der Waals surface area (Å²) in [5.41, 5.74) is -5.22. The summed E-state index contributed by atoms with van der Waals surface area (Å²) in [6, 6.07) is 0. The molecule has 14 nitrogen and oxygen atoms in total. The van der Waals surface area contributed by atoms with Crippen molar-refractivity contribution in [1.29, 1.82) is 0 Å². The van der Waals surface area contributed by atoms with Gasteiger partial charge in [0.1, 0.15) is 0 Å². The minimum Gasteiger partial charge on any atom is -0.438 e. The van der Waals surface area contributed by atoms with Gasteiger partial charge in [0.15, 0.2) is 11.6 Å². The van der Waals surface area contributed by atoms with Crippen LogP contribution in [0.2, 0.25) is 0 Å². The maximum absolute atomic E-state index is 14.6. The number of ether oxygens (including phenoxy) is 6. The molecule has 0 aromatic rings. The normalized spacial score (nSPS) is 44.6. The van der Waals surface area contributed by atoms with Crippen LogP contribution in [0.4, 0.5) is 9.59 Å². The molecule has 6 fully saturated rings. The van der Waals surface area contributed by atoms with Crippen LogP contribution in [0.5, 0.6) is 0 Å². The summed E-state index contributed by atoms with van der Waals surface area (Å²) < 4.78 is 33.5. The molecule has 0 aromatic carbocycles. The van der Waals surface area contributed by atoms with E-state index in [1.165, 1.54) is 0 Å². The molecule has 0 spiro atoms. The molecule has 0 bridgehead atoms. The monoisotopic (exact) mass is 834 g/mol. The number of rotatable bonds is 7. The summed E-state index contributed by atoms with van der Waals surface area (Å²) in [5.74, 6) is -3.12. The van der Waals surface area contributed by atoms with Gasteiger partial charge in [0.25, 0.3) is 0 Å². The van der Waals surface area contributed by atoms with E-state index in [1.54, 1.807) is 31.2 Å². The van der Waals surface area contributed by atoms with Crippen LogP contribution in [0.25, 0.3) is 0 Å². The molecule has 4 unspecified atom stereocenters. The van der Waals surface area contributed by atoms with Crippen LogP contribution in [0, 0.1) is 57.2 Å². The Morgan fingerprint density at radius 1 is 0.667 bits per heavy atom. The third kappa shape index (κ3) is 5.92. The fraction of sp³-hybridized carbons (Fsp3) is 0.696. The van der Waals surface area contributed by atoms with Crippen molar-refractivity contribution < 1.29 is 67.4 Å². The molecule has 0 saturated heterocycles. The van der Waals surface area contributed by atoms with E-state index in [1.807, 2.05) is 39.8 Å². The quantitative estimate of drug-likeness (QED) is 0.171. The van der Waals surface area contributed by atoms with Crippen molar-refractivity contribution in [2.24, 2.45) is 57.2 Å². The molecule has 8 rings (SSSR count). The third-order valence-electron chi connectivity index (χ3n) is 17.2. The minimum atomic E-state index is -1.91. The standard InChI is InChI=1S/C46H58O14/c1-7-56-40(54)60-46(19-15-32-30-11-9-26-21-28(48)13-17-42(26,3)36(30)34(50)23-44(32,46)5)38(52)58-24-57-37(51)45(59-39(53)55-6)18-14-31-29-10-8-25-20-27(47)12-16-41(25,2)35(29)33(49)22-43(31,45)4/h12-13,16-17,20-21,29-36,49-50H,7-11,14-15,18-19,22-24H2,1-6H3/t29-,30?,31-,32?,33-,34-,35?,36?,41-,42-,43-,44-,45-,46-/m0/s1. The van der Waals surface area contributed by atoms with Crippen LogP contribution in [0.15, 0.2) is 47.6 Å². The number of ketones is 2. The Balaban J connectivity index is 1.04. The first-order chi connectivity index (χ1) is 28.3. The topological polar surface area (TPSA) is 198 Å². The zero-order valence-electron chi connectivity index (χ0n) is 35.4. The first-order valence-electron chi connectivity index (χ1n) is 21.6.